The maximum Gasteiger partial charge on any atom is 0.326 e. The Balaban J connectivity index is 2.76. The zero-order chi connectivity index (χ0) is 14.4. The van der Waals surface area contributed by atoms with Crippen LogP contribution in [0.3, 0.4) is 0 Å². The van der Waals surface area contributed by atoms with Crippen LogP contribution in [0.5, 0.6) is 5.75 Å². The number of aliphatic carboxylic acids is 1. The van der Waals surface area contributed by atoms with Crippen molar-refractivity contribution in [2.24, 2.45) is 0 Å². The third-order valence-corrected chi connectivity index (χ3v) is 2.87. The summed E-state index contributed by atoms with van der Waals surface area (Å²) in [7, 11) is 1.50. The summed E-state index contributed by atoms with van der Waals surface area (Å²) in [5.74, 6) is -0.883. The number of carbonyl (C=O) groups excluding carboxylic acids is 1. The molecular formula is C13H16ClNO4. The van der Waals surface area contributed by atoms with Crippen molar-refractivity contribution in [1.29, 1.82) is 0 Å². The van der Waals surface area contributed by atoms with E-state index in [4.69, 9.17) is 21.4 Å². The predicted octanol–water partition coefficient (Wildman–Crippen LogP) is 1.87. The largest absolute Gasteiger partial charge is 0.496 e. The molecule has 1 aromatic rings. The second kappa shape index (κ2) is 6.99. The van der Waals surface area contributed by atoms with Crippen molar-refractivity contribution in [1.82, 2.24) is 5.32 Å². The summed E-state index contributed by atoms with van der Waals surface area (Å²) in [6.45, 7) is 1.69. The number of hydrogen-bond donors (Lipinski definition) is 2. The van der Waals surface area contributed by atoms with Crippen LogP contribution in [0, 0.1) is 0 Å². The summed E-state index contributed by atoms with van der Waals surface area (Å²) in [5.41, 5.74) is 0.618. The number of benzene rings is 1. The molecule has 1 rings (SSSR count). The fourth-order valence-electron chi connectivity index (χ4n) is 1.64. The first kappa shape index (κ1) is 15.3. The highest BCUT2D eigenvalue weighted by Crippen LogP contribution is 2.23. The first-order chi connectivity index (χ1) is 8.97. The van der Waals surface area contributed by atoms with Crippen LogP contribution in [-0.4, -0.2) is 30.1 Å². The third kappa shape index (κ3) is 4.44. The fourth-order valence-corrected chi connectivity index (χ4v) is 1.84. The summed E-state index contributed by atoms with van der Waals surface area (Å²) >= 11 is 5.86. The third-order valence-electron chi connectivity index (χ3n) is 2.64. The van der Waals surface area contributed by atoms with E-state index in [-0.39, 0.29) is 12.3 Å². The van der Waals surface area contributed by atoms with Gasteiger partial charge in [-0.05, 0) is 24.6 Å². The Morgan fingerprint density at radius 2 is 2.16 bits per heavy atom. The molecule has 0 aromatic heterocycles. The number of rotatable bonds is 6. The van der Waals surface area contributed by atoms with Gasteiger partial charge in [0.2, 0.25) is 5.91 Å². The molecule has 19 heavy (non-hydrogen) atoms. The van der Waals surface area contributed by atoms with Gasteiger partial charge in [-0.2, -0.15) is 0 Å². The lowest BCUT2D eigenvalue weighted by molar-refractivity contribution is -0.141. The van der Waals surface area contributed by atoms with Crippen LogP contribution in [0.4, 0.5) is 0 Å². The average Bonchev–Trinajstić information content (AvgIpc) is 2.35. The molecule has 104 valence electrons. The van der Waals surface area contributed by atoms with Crippen LogP contribution >= 0.6 is 11.6 Å². The lowest BCUT2D eigenvalue weighted by Crippen LogP contribution is -2.41. The quantitative estimate of drug-likeness (QED) is 0.837. The zero-order valence-electron chi connectivity index (χ0n) is 10.8. The van der Waals surface area contributed by atoms with Crippen molar-refractivity contribution in [3.63, 3.8) is 0 Å². The molecule has 1 atom stereocenters. The SMILES string of the molecule is CCC(NC(=O)Cc1cc(Cl)ccc1OC)C(=O)O. The van der Waals surface area contributed by atoms with Crippen LogP contribution in [0.15, 0.2) is 18.2 Å². The van der Waals surface area contributed by atoms with Gasteiger partial charge in [-0.25, -0.2) is 4.79 Å². The Bertz CT molecular complexity index is 476. The number of methoxy groups -OCH3 is 1. The number of ether oxygens (including phenoxy) is 1. The number of carboxylic acids is 1. The number of hydrogen-bond acceptors (Lipinski definition) is 3. The Hall–Kier alpha value is -1.75. The molecule has 0 bridgehead atoms. The van der Waals surface area contributed by atoms with Crippen molar-refractivity contribution >= 4 is 23.5 Å². The molecule has 0 aliphatic heterocycles. The monoisotopic (exact) mass is 285 g/mol. The molecule has 0 saturated heterocycles. The Morgan fingerprint density at radius 3 is 2.68 bits per heavy atom. The van der Waals surface area contributed by atoms with Crippen LogP contribution in [-0.2, 0) is 16.0 Å². The number of carbonyl (C=O) groups is 2. The van der Waals surface area contributed by atoms with Crippen molar-refractivity contribution in [2.45, 2.75) is 25.8 Å². The normalized spacial score (nSPS) is 11.7. The first-order valence-electron chi connectivity index (χ1n) is 5.82. The van der Waals surface area contributed by atoms with E-state index in [1.165, 1.54) is 7.11 Å². The van der Waals surface area contributed by atoms with Crippen molar-refractivity contribution in [3.8, 4) is 5.75 Å². The van der Waals surface area contributed by atoms with Gasteiger partial charge in [0.15, 0.2) is 0 Å². The molecule has 0 aliphatic carbocycles. The molecule has 1 aromatic carbocycles. The first-order valence-corrected chi connectivity index (χ1v) is 6.20. The molecule has 1 amide bonds. The second-order valence-electron chi connectivity index (χ2n) is 4.00. The van der Waals surface area contributed by atoms with E-state index in [2.05, 4.69) is 5.32 Å². The molecule has 0 fully saturated rings. The molecule has 6 heteroatoms. The van der Waals surface area contributed by atoms with Crippen LogP contribution in [0.1, 0.15) is 18.9 Å². The summed E-state index contributed by atoms with van der Waals surface area (Å²) in [6, 6.07) is 4.08. The number of nitrogens with one attached hydrogen (secondary N) is 1. The van der Waals surface area contributed by atoms with Gasteiger partial charge in [0.1, 0.15) is 11.8 Å². The molecule has 0 saturated carbocycles. The highest BCUT2D eigenvalue weighted by molar-refractivity contribution is 6.30. The van der Waals surface area contributed by atoms with Crippen molar-refractivity contribution in [2.75, 3.05) is 7.11 Å². The van der Waals surface area contributed by atoms with E-state index in [0.717, 1.165) is 0 Å². The van der Waals surface area contributed by atoms with Gasteiger partial charge in [-0.3, -0.25) is 4.79 Å². The van der Waals surface area contributed by atoms with Gasteiger partial charge in [0.25, 0.3) is 0 Å². The minimum atomic E-state index is -1.05. The van der Waals surface area contributed by atoms with E-state index < -0.39 is 12.0 Å². The number of carboxylic acid groups (broad SMARTS) is 1. The molecule has 0 heterocycles. The molecule has 2 N–H and O–H groups in total. The van der Waals surface area contributed by atoms with E-state index >= 15 is 0 Å². The van der Waals surface area contributed by atoms with Gasteiger partial charge in [0.05, 0.1) is 13.5 Å². The minimum absolute atomic E-state index is 0.0213. The standard InChI is InChI=1S/C13H16ClNO4/c1-3-10(13(17)18)15-12(16)7-8-6-9(14)4-5-11(8)19-2/h4-6,10H,3,7H2,1-2H3,(H,15,16)(H,17,18). The van der Waals surface area contributed by atoms with E-state index in [1.54, 1.807) is 25.1 Å². The van der Waals surface area contributed by atoms with Crippen molar-refractivity contribution < 1.29 is 19.4 Å². The molecule has 0 radical (unpaired) electrons. The minimum Gasteiger partial charge on any atom is -0.496 e. The highest BCUT2D eigenvalue weighted by atomic mass is 35.5. The van der Waals surface area contributed by atoms with E-state index in [0.29, 0.717) is 22.8 Å². The van der Waals surface area contributed by atoms with Crippen LogP contribution < -0.4 is 10.1 Å². The summed E-state index contributed by atoms with van der Waals surface area (Å²) in [6.07, 6.45) is 0.348. The lowest BCUT2D eigenvalue weighted by Gasteiger charge is -2.13. The Morgan fingerprint density at radius 1 is 1.47 bits per heavy atom. The van der Waals surface area contributed by atoms with E-state index in [9.17, 15) is 9.59 Å². The summed E-state index contributed by atoms with van der Waals surface area (Å²) in [5, 5.41) is 11.8. The highest BCUT2D eigenvalue weighted by Gasteiger charge is 2.18. The zero-order valence-corrected chi connectivity index (χ0v) is 11.5. The predicted molar refractivity (Wildman–Crippen MR) is 71.6 cm³/mol. The van der Waals surface area contributed by atoms with Gasteiger partial charge in [-0.1, -0.05) is 18.5 Å². The lowest BCUT2D eigenvalue weighted by atomic mass is 10.1. The molecule has 0 aliphatic rings. The smallest absolute Gasteiger partial charge is 0.326 e. The van der Waals surface area contributed by atoms with Crippen LogP contribution in [0.25, 0.3) is 0 Å². The number of amides is 1. The summed E-state index contributed by atoms with van der Waals surface area (Å²) < 4.78 is 5.13. The van der Waals surface area contributed by atoms with Gasteiger partial charge < -0.3 is 15.2 Å². The maximum atomic E-state index is 11.8. The van der Waals surface area contributed by atoms with Gasteiger partial charge in [-0.15, -0.1) is 0 Å². The molecular weight excluding hydrogens is 270 g/mol. The fraction of sp³-hybridized carbons (Fsp3) is 0.385. The number of halogens is 1. The van der Waals surface area contributed by atoms with Gasteiger partial charge in [0, 0.05) is 10.6 Å². The molecule has 1 unspecified atom stereocenters. The van der Waals surface area contributed by atoms with Crippen LogP contribution in [0.2, 0.25) is 5.02 Å². The maximum absolute atomic E-state index is 11.8. The average molecular weight is 286 g/mol. The van der Waals surface area contributed by atoms with E-state index in [1.807, 2.05) is 0 Å². The second-order valence-corrected chi connectivity index (χ2v) is 4.44. The summed E-state index contributed by atoms with van der Waals surface area (Å²) in [4.78, 5) is 22.6. The van der Waals surface area contributed by atoms with Crippen molar-refractivity contribution in [3.05, 3.63) is 28.8 Å². The van der Waals surface area contributed by atoms with Gasteiger partial charge >= 0.3 is 5.97 Å². The Kier molecular flexibility index (Phi) is 5.63. The topological polar surface area (TPSA) is 75.6 Å². The molecule has 0 spiro atoms. The Labute approximate surface area is 116 Å². The molecule has 5 nitrogen and oxygen atoms in total.